The average molecular weight is 510 g/mol. The molecule has 1 aliphatic rings. The fraction of sp³-hybridized carbons (Fsp3) is 0.455. The van der Waals surface area contributed by atoms with E-state index < -0.39 is 0 Å². The molecule has 1 aromatic heterocycles. The van der Waals surface area contributed by atoms with E-state index >= 15 is 0 Å². The number of pyridine rings is 1. The first-order valence-corrected chi connectivity index (χ1v) is 10.1. The second-order valence-corrected chi connectivity index (χ2v) is 7.15. The van der Waals surface area contributed by atoms with Crippen LogP contribution in [0.1, 0.15) is 31.2 Å². The Morgan fingerprint density at radius 3 is 2.69 bits per heavy atom. The van der Waals surface area contributed by atoms with Gasteiger partial charge in [-0.05, 0) is 43.7 Å². The van der Waals surface area contributed by atoms with E-state index in [1.807, 2.05) is 30.5 Å². The van der Waals surface area contributed by atoms with Crippen molar-refractivity contribution in [3.8, 4) is 5.75 Å². The molecule has 1 heterocycles. The summed E-state index contributed by atoms with van der Waals surface area (Å²) in [4.78, 5) is 16.0. The molecule has 3 rings (SSSR count). The Morgan fingerprint density at radius 2 is 1.93 bits per heavy atom. The number of nitrogens with one attached hydrogen (secondary N) is 2. The summed E-state index contributed by atoms with van der Waals surface area (Å²) < 4.78 is 7.71. The van der Waals surface area contributed by atoms with E-state index in [9.17, 15) is 4.79 Å². The molecule has 0 radical (unpaired) electrons. The second-order valence-electron chi connectivity index (χ2n) is 7.15. The SMILES string of the molecule is CN=C(NCCCCn1ccccc1=O)NCc1ccccc1OCC1CC1.I. The largest absolute Gasteiger partial charge is 0.493 e. The van der Waals surface area contributed by atoms with Gasteiger partial charge in [-0.1, -0.05) is 24.3 Å². The molecule has 0 saturated heterocycles. The van der Waals surface area contributed by atoms with Crippen molar-refractivity contribution in [1.82, 2.24) is 15.2 Å². The van der Waals surface area contributed by atoms with Crippen molar-refractivity contribution in [2.45, 2.75) is 38.8 Å². The third-order valence-electron chi connectivity index (χ3n) is 4.83. The highest BCUT2D eigenvalue weighted by atomic mass is 127. The maximum Gasteiger partial charge on any atom is 0.250 e. The van der Waals surface area contributed by atoms with Crippen LogP contribution in [0.4, 0.5) is 0 Å². The van der Waals surface area contributed by atoms with Gasteiger partial charge in [0.1, 0.15) is 5.75 Å². The molecule has 0 amide bonds. The third kappa shape index (κ3) is 8.08. The molecule has 0 spiro atoms. The molecule has 0 bridgehead atoms. The van der Waals surface area contributed by atoms with Gasteiger partial charge < -0.3 is 19.9 Å². The molecule has 29 heavy (non-hydrogen) atoms. The first-order chi connectivity index (χ1) is 13.8. The third-order valence-corrected chi connectivity index (χ3v) is 4.83. The Labute approximate surface area is 189 Å². The number of para-hydroxylation sites is 1. The van der Waals surface area contributed by atoms with Crippen LogP contribution in [0.15, 0.2) is 58.4 Å². The minimum atomic E-state index is 0. The summed E-state index contributed by atoms with van der Waals surface area (Å²) >= 11 is 0. The molecule has 6 nitrogen and oxygen atoms in total. The van der Waals surface area contributed by atoms with Gasteiger partial charge in [0.2, 0.25) is 5.56 Å². The van der Waals surface area contributed by atoms with E-state index in [4.69, 9.17) is 4.74 Å². The Balaban J connectivity index is 0.00000300. The van der Waals surface area contributed by atoms with Gasteiger partial charge in [-0.25, -0.2) is 0 Å². The van der Waals surface area contributed by atoms with Crippen LogP contribution < -0.4 is 20.9 Å². The summed E-state index contributed by atoms with van der Waals surface area (Å²) in [6.07, 6.45) is 6.31. The molecule has 1 fully saturated rings. The minimum absolute atomic E-state index is 0. The number of ether oxygens (including phenoxy) is 1. The standard InChI is InChI=1S/C22H30N4O2.HI/c1-23-22(24-13-5-7-15-26-14-6-4-10-21(26)27)25-16-19-8-2-3-9-20(19)28-17-18-11-12-18;/h2-4,6,8-10,14,18H,5,7,11-13,15-17H2,1H3,(H2,23,24,25);1H. The monoisotopic (exact) mass is 510 g/mol. The molecule has 1 aromatic carbocycles. The number of guanidine groups is 1. The molecule has 7 heteroatoms. The van der Waals surface area contributed by atoms with Gasteiger partial charge >= 0.3 is 0 Å². The summed E-state index contributed by atoms with van der Waals surface area (Å²) in [5, 5.41) is 6.68. The van der Waals surface area contributed by atoms with E-state index in [0.717, 1.165) is 55.7 Å². The maximum atomic E-state index is 11.7. The maximum absolute atomic E-state index is 11.7. The average Bonchev–Trinajstić information content (AvgIpc) is 3.55. The van der Waals surface area contributed by atoms with Crippen molar-refractivity contribution < 1.29 is 4.74 Å². The summed E-state index contributed by atoms with van der Waals surface area (Å²) in [6.45, 7) is 3.02. The lowest BCUT2D eigenvalue weighted by atomic mass is 10.2. The molecule has 2 aromatic rings. The van der Waals surface area contributed by atoms with Crippen LogP contribution in [-0.2, 0) is 13.1 Å². The molecule has 0 unspecified atom stereocenters. The topological polar surface area (TPSA) is 67.7 Å². The van der Waals surface area contributed by atoms with Crippen LogP contribution in [0.25, 0.3) is 0 Å². The molecule has 1 aliphatic carbocycles. The van der Waals surface area contributed by atoms with Crippen molar-refractivity contribution in [2.24, 2.45) is 10.9 Å². The number of unbranched alkanes of at least 4 members (excludes halogenated alkanes) is 1. The Kier molecular flexibility index (Phi) is 10.0. The fourth-order valence-electron chi connectivity index (χ4n) is 2.94. The van der Waals surface area contributed by atoms with Crippen molar-refractivity contribution in [3.05, 3.63) is 64.6 Å². The zero-order valence-electron chi connectivity index (χ0n) is 17.0. The highest BCUT2D eigenvalue weighted by Crippen LogP contribution is 2.30. The van der Waals surface area contributed by atoms with Crippen molar-refractivity contribution in [2.75, 3.05) is 20.2 Å². The lowest BCUT2D eigenvalue weighted by molar-refractivity contribution is 0.296. The molecular weight excluding hydrogens is 479 g/mol. The molecule has 0 aliphatic heterocycles. The predicted octanol–water partition coefficient (Wildman–Crippen LogP) is 3.40. The highest BCUT2D eigenvalue weighted by molar-refractivity contribution is 14.0. The number of aromatic nitrogens is 1. The van der Waals surface area contributed by atoms with Gasteiger partial charge in [-0.3, -0.25) is 9.79 Å². The lowest BCUT2D eigenvalue weighted by Crippen LogP contribution is -2.37. The smallest absolute Gasteiger partial charge is 0.250 e. The van der Waals surface area contributed by atoms with Gasteiger partial charge in [0.15, 0.2) is 5.96 Å². The van der Waals surface area contributed by atoms with Gasteiger partial charge in [0.25, 0.3) is 0 Å². The van der Waals surface area contributed by atoms with E-state index in [1.165, 1.54) is 12.8 Å². The summed E-state index contributed by atoms with van der Waals surface area (Å²) in [7, 11) is 1.77. The van der Waals surface area contributed by atoms with Crippen LogP contribution in [0.3, 0.4) is 0 Å². The van der Waals surface area contributed by atoms with Crippen molar-refractivity contribution >= 4 is 29.9 Å². The number of halogens is 1. The normalized spacial score (nSPS) is 13.5. The molecule has 0 atom stereocenters. The van der Waals surface area contributed by atoms with Gasteiger partial charge in [0.05, 0.1) is 6.61 Å². The fourth-order valence-corrected chi connectivity index (χ4v) is 2.94. The second kappa shape index (κ2) is 12.5. The Bertz CT molecular complexity index is 833. The van der Waals surface area contributed by atoms with Crippen LogP contribution in [-0.4, -0.2) is 30.7 Å². The van der Waals surface area contributed by atoms with E-state index in [2.05, 4.69) is 21.7 Å². The highest BCUT2D eigenvalue weighted by Gasteiger charge is 2.22. The quantitative estimate of drug-likeness (QED) is 0.223. The van der Waals surface area contributed by atoms with Crippen LogP contribution in [0.5, 0.6) is 5.75 Å². The zero-order valence-corrected chi connectivity index (χ0v) is 19.3. The first-order valence-electron chi connectivity index (χ1n) is 10.1. The van der Waals surface area contributed by atoms with Gasteiger partial charge in [0, 0.05) is 44.5 Å². The summed E-state index contributed by atoms with van der Waals surface area (Å²) in [5.74, 6) is 2.46. The molecular formula is C22H31IN4O2. The van der Waals surface area contributed by atoms with Crippen LogP contribution in [0.2, 0.25) is 0 Å². The number of benzene rings is 1. The zero-order chi connectivity index (χ0) is 19.6. The Morgan fingerprint density at radius 1 is 1.14 bits per heavy atom. The molecule has 158 valence electrons. The summed E-state index contributed by atoms with van der Waals surface area (Å²) in [5.41, 5.74) is 1.19. The number of hydrogen-bond acceptors (Lipinski definition) is 3. The number of nitrogens with zero attached hydrogens (tertiary/aromatic N) is 2. The minimum Gasteiger partial charge on any atom is -0.493 e. The van der Waals surface area contributed by atoms with E-state index in [-0.39, 0.29) is 29.5 Å². The van der Waals surface area contributed by atoms with Crippen molar-refractivity contribution in [3.63, 3.8) is 0 Å². The summed E-state index contributed by atoms with van der Waals surface area (Å²) in [6, 6.07) is 13.4. The Hall–Kier alpha value is -2.03. The number of aryl methyl sites for hydroxylation is 1. The molecule has 1 saturated carbocycles. The van der Waals surface area contributed by atoms with Crippen LogP contribution >= 0.6 is 24.0 Å². The number of rotatable bonds is 10. The number of aliphatic imine (C=N–C) groups is 1. The number of hydrogen-bond donors (Lipinski definition) is 2. The van der Waals surface area contributed by atoms with E-state index in [1.54, 1.807) is 23.7 Å². The van der Waals surface area contributed by atoms with Crippen molar-refractivity contribution in [1.29, 1.82) is 0 Å². The van der Waals surface area contributed by atoms with E-state index in [0.29, 0.717) is 6.54 Å². The lowest BCUT2D eigenvalue weighted by Gasteiger charge is -2.15. The molecule has 2 N–H and O–H groups in total. The van der Waals surface area contributed by atoms with Crippen LogP contribution in [0, 0.1) is 5.92 Å². The van der Waals surface area contributed by atoms with Gasteiger partial charge in [-0.15, -0.1) is 24.0 Å². The predicted molar refractivity (Wildman–Crippen MR) is 128 cm³/mol. The first kappa shape index (κ1) is 23.3. The van der Waals surface area contributed by atoms with Gasteiger partial charge in [-0.2, -0.15) is 0 Å².